The van der Waals surface area contributed by atoms with E-state index >= 15 is 0 Å². The molecule has 0 aliphatic carbocycles. The lowest BCUT2D eigenvalue weighted by molar-refractivity contribution is -0.137. The fourth-order valence-electron chi connectivity index (χ4n) is 4.82. The fraction of sp³-hybridized carbons (Fsp3) is 0.522. The van der Waals surface area contributed by atoms with Crippen LogP contribution in [0.5, 0.6) is 0 Å². The summed E-state index contributed by atoms with van der Waals surface area (Å²) in [5.74, 6) is 0.462. The molecule has 1 aromatic heterocycles. The molecular weight excluding hydrogens is 375 g/mol. The number of halogens is 3. The molecule has 1 aromatic carbocycles. The minimum atomic E-state index is -4.30. The van der Waals surface area contributed by atoms with Crippen molar-refractivity contribution in [2.24, 2.45) is 5.92 Å². The maximum absolute atomic E-state index is 13.3. The van der Waals surface area contributed by atoms with E-state index in [4.69, 9.17) is 0 Å². The molecule has 3 nitrogen and oxygen atoms in total. The minimum absolute atomic E-state index is 0.121. The number of alkyl halides is 3. The molecule has 0 saturated carbocycles. The van der Waals surface area contributed by atoms with Gasteiger partial charge in [-0.1, -0.05) is 30.7 Å². The second-order valence-corrected chi connectivity index (χ2v) is 8.41. The van der Waals surface area contributed by atoms with E-state index in [1.807, 2.05) is 18.3 Å². The molecular formula is C23H28F3N3. The number of benzene rings is 1. The third kappa shape index (κ3) is 5.17. The van der Waals surface area contributed by atoms with E-state index in [1.54, 1.807) is 12.3 Å². The number of likely N-dealkylation sites (tertiary alicyclic amines) is 2. The normalized spacial score (nSPS) is 24.1. The van der Waals surface area contributed by atoms with Gasteiger partial charge in [-0.05, 0) is 55.1 Å². The van der Waals surface area contributed by atoms with Crippen LogP contribution in [0.2, 0.25) is 0 Å². The van der Waals surface area contributed by atoms with Gasteiger partial charge in [0.1, 0.15) is 0 Å². The monoisotopic (exact) mass is 403 g/mol. The summed E-state index contributed by atoms with van der Waals surface area (Å²) in [6.45, 7) is 5.66. The molecule has 2 saturated heterocycles. The van der Waals surface area contributed by atoms with E-state index in [0.29, 0.717) is 5.92 Å². The van der Waals surface area contributed by atoms with Crippen molar-refractivity contribution in [2.75, 3.05) is 32.7 Å². The minimum Gasteiger partial charge on any atom is -0.303 e. The summed E-state index contributed by atoms with van der Waals surface area (Å²) in [4.78, 5) is 9.07. The Kier molecular flexibility index (Phi) is 6.20. The summed E-state index contributed by atoms with van der Waals surface area (Å²) < 4.78 is 39.8. The maximum atomic E-state index is 13.3. The predicted octanol–water partition coefficient (Wildman–Crippen LogP) is 4.80. The summed E-state index contributed by atoms with van der Waals surface area (Å²) in [6, 6.07) is 9.95. The van der Waals surface area contributed by atoms with Gasteiger partial charge < -0.3 is 4.90 Å². The van der Waals surface area contributed by atoms with E-state index in [1.165, 1.54) is 31.4 Å². The molecule has 4 rings (SSSR count). The van der Waals surface area contributed by atoms with Gasteiger partial charge in [0, 0.05) is 44.5 Å². The van der Waals surface area contributed by atoms with Gasteiger partial charge in [-0.2, -0.15) is 13.2 Å². The summed E-state index contributed by atoms with van der Waals surface area (Å²) >= 11 is 0. The number of rotatable bonds is 5. The zero-order chi connectivity index (χ0) is 20.3. The maximum Gasteiger partial charge on any atom is 0.416 e. The highest BCUT2D eigenvalue weighted by Gasteiger charge is 2.37. The number of hydrogen-bond donors (Lipinski definition) is 0. The lowest BCUT2D eigenvalue weighted by atomic mass is 9.87. The van der Waals surface area contributed by atoms with Gasteiger partial charge in [0.05, 0.1) is 5.56 Å². The van der Waals surface area contributed by atoms with Crippen molar-refractivity contribution in [3.8, 4) is 0 Å². The van der Waals surface area contributed by atoms with Gasteiger partial charge in [-0.15, -0.1) is 0 Å². The van der Waals surface area contributed by atoms with Crippen LogP contribution in [0.1, 0.15) is 41.9 Å². The third-order valence-electron chi connectivity index (χ3n) is 6.23. The highest BCUT2D eigenvalue weighted by Crippen LogP contribution is 2.37. The lowest BCUT2D eigenvalue weighted by Gasteiger charge is -2.31. The fourth-order valence-corrected chi connectivity index (χ4v) is 4.82. The first-order valence-electron chi connectivity index (χ1n) is 10.5. The quantitative estimate of drug-likeness (QED) is 0.715. The first-order valence-corrected chi connectivity index (χ1v) is 10.5. The number of pyridine rings is 1. The molecule has 2 unspecified atom stereocenters. The van der Waals surface area contributed by atoms with E-state index in [2.05, 4.69) is 20.9 Å². The van der Waals surface area contributed by atoms with Gasteiger partial charge in [0.15, 0.2) is 0 Å². The van der Waals surface area contributed by atoms with Gasteiger partial charge >= 0.3 is 6.18 Å². The van der Waals surface area contributed by atoms with Crippen LogP contribution in [0, 0.1) is 5.92 Å². The van der Waals surface area contributed by atoms with Gasteiger partial charge in [0.25, 0.3) is 0 Å². The molecule has 156 valence electrons. The SMILES string of the molecule is FC(F)(F)c1cccc(C2CN(Cc3cccnc3)CC2CN2CCCCC2)c1. The predicted molar refractivity (Wildman–Crippen MR) is 107 cm³/mol. The van der Waals surface area contributed by atoms with Crippen molar-refractivity contribution in [1.29, 1.82) is 0 Å². The smallest absolute Gasteiger partial charge is 0.303 e. The van der Waals surface area contributed by atoms with Gasteiger partial charge in [0.2, 0.25) is 0 Å². The zero-order valence-corrected chi connectivity index (χ0v) is 16.6. The number of hydrogen-bond acceptors (Lipinski definition) is 3. The summed E-state index contributed by atoms with van der Waals surface area (Å²) in [5, 5.41) is 0. The Morgan fingerprint density at radius 2 is 1.79 bits per heavy atom. The molecule has 2 aliphatic heterocycles. The van der Waals surface area contributed by atoms with Crippen LogP contribution in [0.3, 0.4) is 0 Å². The molecule has 2 fully saturated rings. The average molecular weight is 403 g/mol. The largest absolute Gasteiger partial charge is 0.416 e. The van der Waals surface area contributed by atoms with Crippen LogP contribution < -0.4 is 0 Å². The van der Waals surface area contributed by atoms with E-state index < -0.39 is 11.7 Å². The lowest BCUT2D eigenvalue weighted by Crippen LogP contribution is -2.36. The van der Waals surface area contributed by atoms with E-state index in [-0.39, 0.29) is 5.92 Å². The van der Waals surface area contributed by atoms with Gasteiger partial charge in [-0.25, -0.2) is 0 Å². The van der Waals surface area contributed by atoms with Crippen molar-refractivity contribution < 1.29 is 13.2 Å². The Morgan fingerprint density at radius 1 is 0.966 bits per heavy atom. The average Bonchev–Trinajstić information content (AvgIpc) is 3.11. The number of nitrogens with zero attached hydrogens (tertiary/aromatic N) is 3. The van der Waals surface area contributed by atoms with Crippen molar-refractivity contribution in [2.45, 2.75) is 37.9 Å². The topological polar surface area (TPSA) is 19.4 Å². The molecule has 3 heterocycles. The molecule has 0 bridgehead atoms. The van der Waals surface area contributed by atoms with Gasteiger partial charge in [-0.3, -0.25) is 9.88 Å². The Bertz CT molecular complexity index is 787. The van der Waals surface area contributed by atoms with Crippen LogP contribution in [-0.2, 0) is 12.7 Å². The van der Waals surface area contributed by atoms with Crippen molar-refractivity contribution in [3.63, 3.8) is 0 Å². The summed E-state index contributed by atoms with van der Waals surface area (Å²) in [6.07, 6.45) is 3.06. The highest BCUT2D eigenvalue weighted by atomic mass is 19.4. The first kappa shape index (κ1) is 20.4. The molecule has 0 spiro atoms. The van der Waals surface area contributed by atoms with Crippen LogP contribution in [0.15, 0.2) is 48.8 Å². The molecule has 2 aliphatic rings. The molecule has 0 radical (unpaired) electrons. The Hall–Kier alpha value is -1.92. The zero-order valence-electron chi connectivity index (χ0n) is 16.6. The number of piperidine rings is 1. The second-order valence-electron chi connectivity index (χ2n) is 8.41. The van der Waals surface area contributed by atoms with E-state index in [0.717, 1.165) is 50.4 Å². The Balaban J connectivity index is 1.54. The molecule has 0 N–H and O–H groups in total. The molecule has 29 heavy (non-hydrogen) atoms. The third-order valence-corrected chi connectivity index (χ3v) is 6.23. The van der Waals surface area contributed by atoms with Crippen LogP contribution in [0.25, 0.3) is 0 Å². The molecule has 2 aromatic rings. The molecule has 2 atom stereocenters. The Labute approximate surface area is 170 Å². The summed E-state index contributed by atoms with van der Waals surface area (Å²) in [7, 11) is 0. The van der Waals surface area contributed by atoms with E-state index in [9.17, 15) is 13.2 Å². The molecule has 6 heteroatoms. The standard InChI is InChI=1S/C23H28F3N3/c24-23(25,26)21-8-4-7-19(12-21)22-17-29(14-18-6-5-9-27-13-18)16-20(22)15-28-10-2-1-3-11-28/h4-9,12-13,20,22H,1-3,10-11,14-17H2. The molecule has 0 amide bonds. The van der Waals surface area contributed by atoms with Crippen molar-refractivity contribution >= 4 is 0 Å². The Morgan fingerprint density at radius 3 is 2.52 bits per heavy atom. The highest BCUT2D eigenvalue weighted by molar-refractivity contribution is 5.30. The number of aromatic nitrogens is 1. The first-order chi connectivity index (χ1) is 14.0. The van der Waals surface area contributed by atoms with Crippen LogP contribution in [-0.4, -0.2) is 47.5 Å². The summed E-state index contributed by atoms with van der Waals surface area (Å²) in [5.41, 5.74) is 1.42. The van der Waals surface area contributed by atoms with Crippen molar-refractivity contribution in [3.05, 3.63) is 65.5 Å². The second kappa shape index (κ2) is 8.84. The van der Waals surface area contributed by atoms with Crippen LogP contribution >= 0.6 is 0 Å². The van der Waals surface area contributed by atoms with Crippen LogP contribution in [0.4, 0.5) is 13.2 Å². The van der Waals surface area contributed by atoms with Crippen molar-refractivity contribution in [1.82, 2.24) is 14.8 Å².